The van der Waals surface area contributed by atoms with Crippen LogP contribution < -0.4 is 5.32 Å². The SMILES string of the molecule is CCS(=O)CCNCc1c(F)cccc1Cl. The minimum atomic E-state index is -0.785. The molecular weight excluding hydrogens is 249 g/mol. The van der Waals surface area contributed by atoms with E-state index in [9.17, 15) is 8.60 Å². The fourth-order valence-electron chi connectivity index (χ4n) is 1.24. The third-order valence-corrected chi connectivity index (χ3v) is 3.85. The van der Waals surface area contributed by atoms with Gasteiger partial charge in [0.05, 0.1) is 0 Å². The van der Waals surface area contributed by atoms with Crippen LogP contribution in [-0.4, -0.2) is 22.3 Å². The first-order valence-electron chi connectivity index (χ1n) is 5.13. The highest BCUT2D eigenvalue weighted by atomic mass is 35.5. The smallest absolute Gasteiger partial charge is 0.129 e. The van der Waals surface area contributed by atoms with Gasteiger partial charge < -0.3 is 5.32 Å². The molecule has 0 spiro atoms. The lowest BCUT2D eigenvalue weighted by atomic mass is 10.2. The number of rotatable bonds is 6. The molecule has 16 heavy (non-hydrogen) atoms. The summed E-state index contributed by atoms with van der Waals surface area (Å²) < 4.78 is 24.4. The molecule has 5 heteroatoms. The van der Waals surface area contributed by atoms with Gasteiger partial charge in [0.1, 0.15) is 5.82 Å². The fourth-order valence-corrected chi connectivity index (χ4v) is 2.14. The van der Waals surface area contributed by atoms with Gasteiger partial charge in [-0.1, -0.05) is 24.6 Å². The molecule has 0 radical (unpaired) electrons. The third-order valence-electron chi connectivity index (χ3n) is 2.19. The van der Waals surface area contributed by atoms with Crippen molar-refractivity contribution in [1.82, 2.24) is 5.32 Å². The Morgan fingerprint density at radius 3 is 2.88 bits per heavy atom. The average molecular weight is 264 g/mol. The number of hydrogen-bond donors (Lipinski definition) is 1. The van der Waals surface area contributed by atoms with Gasteiger partial charge in [0, 0.05) is 46.0 Å². The van der Waals surface area contributed by atoms with Crippen molar-refractivity contribution >= 4 is 22.4 Å². The Balaban J connectivity index is 2.40. The molecule has 0 aromatic heterocycles. The van der Waals surface area contributed by atoms with Crippen LogP contribution in [0.25, 0.3) is 0 Å². The normalized spacial score (nSPS) is 12.7. The summed E-state index contributed by atoms with van der Waals surface area (Å²) in [6.07, 6.45) is 0. The van der Waals surface area contributed by atoms with Crippen LogP contribution >= 0.6 is 11.6 Å². The summed E-state index contributed by atoms with van der Waals surface area (Å²) in [7, 11) is -0.785. The minimum absolute atomic E-state index is 0.309. The van der Waals surface area contributed by atoms with Crippen LogP contribution in [0.5, 0.6) is 0 Å². The van der Waals surface area contributed by atoms with Crippen molar-refractivity contribution in [2.24, 2.45) is 0 Å². The summed E-state index contributed by atoms with van der Waals surface area (Å²) in [4.78, 5) is 0. The third kappa shape index (κ3) is 4.20. The molecule has 0 saturated heterocycles. The van der Waals surface area contributed by atoms with Gasteiger partial charge in [-0.3, -0.25) is 4.21 Å². The lowest BCUT2D eigenvalue weighted by Crippen LogP contribution is -2.21. The average Bonchev–Trinajstić information content (AvgIpc) is 2.27. The van der Waals surface area contributed by atoms with Crippen LogP contribution in [0.3, 0.4) is 0 Å². The van der Waals surface area contributed by atoms with Crippen molar-refractivity contribution in [3.05, 3.63) is 34.6 Å². The van der Waals surface area contributed by atoms with Gasteiger partial charge >= 0.3 is 0 Å². The summed E-state index contributed by atoms with van der Waals surface area (Å²) in [5, 5.41) is 3.45. The van der Waals surface area contributed by atoms with E-state index >= 15 is 0 Å². The number of hydrogen-bond acceptors (Lipinski definition) is 2. The molecule has 0 bridgehead atoms. The van der Waals surface area contributed by atoms with E-state index in [0.29, 0.717) is 35.2 Å². The van der Waals surface area contributed by atoms with Gasteiger partial charge in [0.2, 0.25) is 0 Å². The molecule has 90 valence electrons. The van der Waals surface area contributed by atoms with Gasteiger partial charge in [-0.05, 0) is 12.1 Å². The summed E-state index contributed by atoms with van der Waals surface area (Å²) in [6.45, 7) is 2.85. The summed E-state index contributed by atoms with van der Waals surface area (Å²) in [5.41, 5.74) is 0.464. The maximum atomic E-state index is 13.3. The first kappa shape index (κ1) is 13.6. The van der Waals surface area contributed by atoms with E-state index in [1.54, 1.807) is 12.1 Å². The van der Waals surface area contributed by atoms with E-state index < -0.39 is 10.8 Å². The zero-order valence-corrected chi connectivity index (χ0v) is 10.7. The van der Waals surface area contributed by atoms with Gasteiger partial charge in [-0.25, -0.2) is 4.39 Å². The Bertz CT molecular complexity index is 353. The quantitative estimate of drug-likeness (QED) is 0.799. The Hall–Kier alpha value is -0.450. The van der Waals surface area contributed by atoms with E-state index in [0.717, 1.165) is 0 Å². The summed E-state index contributed by atoms with van der Waals surface area (Å²) >= 11 is 5.86. The molecule has 0 aliphatic rings. The highest BCUT2D eigenvalue weighted by Crippen LogP contribution is 2.18. The second-order valence-electron chi connectivity index (χ2n) is 3.31. The lowest BCUT2D eigenvalue weighted by molar-refractivity contribution is 0.593. The molecule has 0 aliphatic heterocycles. The molecule has 1 aromatic carbocycles. The molecule has 1 rings (SSSR count). The highest BCUT2D eigenvalue weighted by Gasteiger charge is 2.05. The number of nitrogens with one attached hydrogen (secondary N) is 1. The van der Waals surface area contributed by atoms with E-state index in [-0.39, 0.29) is 5.82 Å². The molecule has 1 atom stereocenters. The summed E-state index contributed by atoms with van der Waals surface area (Å²) in [6, 6.07) is 4.62. The van der Waals surface area contributed by atoms with Crippen molar-refractivity contribution < 1.29 is 8.60 Å². The first-order chi connectivity index (χ1) is 7.65. The standard InChI is InChI=1S/C11H15ClFNOS/c1-2-16(15)7-6-14-8-9-10(12)4-3-5-11(9)13/h3-5,14H,2,6-8H2,1H3. The van der Waals surface area contributed by atoms with Crippen molar-refractivity contribution in [3.8, 4) is 0 Å². The van der Waals surface area contributed by atoms with Crippen molar-refractivity contribution in [3.63, 3.8) is 0 Å². The van der Waals surface area contributed by atoms with Crippen molar-refractivity contribution in [2.45, 2.75) is 13.5 Å². The molecule has 0 amide bonds. The van der Waals surface area contributed by atoms with Gasteiger partial charge in [-0.15, -0.1) is 0 Å². The van der Waals surface area contributed by atoms with Crippen molar-refractivity contribution in [1.29, 1.82) is 0 Å². The molecular formula is C11H15ClFNOS. The van der Waals surface area contributed by atoms with Crippen LogP contribution in [0.1, 0.15) is 12.5 Å². The second-order valence-corrected chi connectivity index (χ2v) is 5.58. The van der Waals surface area contributed by atoms with Crippen LogP contribution in [0.15, 0.2) is 18.2 Å². The Morgan fingerprint density at radius 2 is 2.25 bits per heavy atom. The highest BCUT2D eigenvalue weighted by molar-refractivity contribution is 7.84. The first-order valence-corrected chi connectivity index (χ1v) is 7.00. The van der Waals surface area contributed by atoms with Gasteiger partial charge in [0.15, 0.2) is 0 Å². The largest absolute Gasteiger partial charge is 0.312 e. The molecule has 2 nitrogen and oxygen atoms in total. The van der Waals surface area contributed by atoms with E-state index in [2.05, 4.69) is 5.32 Å². The molecule has 1 N–H and O–H groups in total. The van der Waals surface area contributed by atoms with Crippen LogP contribution in [0.2, 0.25) is 5.02 Å². The molecule has 0 fully saturated rings. The number of benzene rings is 1. The predicted molar refractivity (Wildman–Crippen MR) is 66.7 cm³/mol. The zero-order chi connectivity index (χ0) is 12.0. The van der Waals surface area contributed by atoms with Gasteiger partial charge in [0.25, 0.3) is 0 Å². The van der Waals surface area contributed by atoms with E-state index in [4.69, 9.17) is 11.6 Å². The lowest BCUT2D eigenvalue weighted by Gasteiger charge is -2.07. The fraction of sp³-hybridized carbons (Fsp3) is 0.455. The second kappa shape index (κ2) is 6.99. The molecule has 0 saturated carbocycles. The number of halogens is 2. The molecule has 1 aromatic rings. The monoisotopic (exact) mass is 263 g/mol. The molecule has 1 unspecified atom stereocenters. The van der Waals surface area contributed by atoms with E-state index in [1.165, 1.54) is 6.07 Å². The molecule has 0 aliphatic carbocycles. The predicted octanol–water partition coefficient (Wildman–Crippen LogP) is 2.34. The Morgan fingerprint density at radius 1 is 1.50 bits per heavy atom. The minimum Gasteiger partial charge on any atom is -0.312 e. The maximum Gasteiger partial charge on any atom is 0.129 e. The van der Waals surface area contributed by atoms with Crippen LogP contribution in [-0.2, 0) is 17.3 Å². The zero-order valence-electron chi connectivity index (χ0n) is 9.13. The maximum absolute atomic E-state index is 13.3. The molecule has 0 heterocycles. The Kier molecular flexibility index (Phi) is 5.95. The van der Waals surface area contributed by atoms with Gasteiger partial charge in [-0.2, -0.15) is 0 Å². The topological polar surface area (TPSA) is 29.1 Å². The summed E-state index contributed by atoms with van der Waals surface area (Å²) in [5.74, 6) is 0.932. The van der Waals surface area contributed by atoms with Crippen LogP contribution in [0.4, 0.5) is 4.39 Å². The van der Waals surface area contributed by atoms with E-state index in [1.807, 2.05) is 6.92 Å². The van der Waals surface area contributed by atoms with Crippen LogP contribution in [0, 0.1) is 5.82 Å². The Labute approximate surface area is 103 Å². The van der Waals surface area contributed by atoms with Crippen molar-refractivity contribution in [2.75, 3.05) is 18.1 Å².